The van der Waals surface area contributed by atoms with Crippen molar-refractivity contribution in [2.45, 2.75) is 0 Å². The molecule has 0 fully saturated rings. The van der Waals surface area contributed by atoms with Gasteiger partial charge in [-0.1, -0.05) is 152 Å². The van der Waals surface area contributed by atoms with Crippen molar-refractivity contribution in [1.29, 1.82) is 0 Å². The summed E-state index contributed by atoms with van der Waals surface area (Å²) in [7, 11) is 0. The van der Waals surface area contributed by atoms with Crippen LogP contribution < -0.4 is 4.90 Å². The van der Waals surface area contributed by atoms with Gasteiger partial charge in [0.25, 0.3) is 0 Å². The summed E-state index contributed by atoms with van der Waals surface area (Å²) in [5.74, 6) is 0. The number of furan rings is 2. The fourth-order valence-corrected chi connectivity index (χ4v) is 9.80. The fourth-order valence-electron chi connectivity index (χ4n) is 9.80. The predicted molar refractivity (Wildman–Crippen MR) is 258 cm³/mol. The molecule has 0 spiro atoms. The summed E-state index contributed by atoms with van der Waals surface area (Å²) in [6.45, 7) is 0. The standard InChI is InChI=1S/C58H36N2O2/c1-2-15-43-37(13-1)31-36-49-56-53(24-12-26-55(56)62-58(43)49)59(41-34-29-39(30-35-41)44-19-11-20-48-47-18-6-10-25-54(47)61-57(44)48)40-32-27-38(28-33-40)42-14-3-7-21-50(42)60-51-22-8-4-16-45(51)46-17-5-9-23-52(46)60/h1-36H. The molecule has 13 rings (SSSR count). The average molecular weight is 793 g/mol. The molecule has 0 aliphatic rings. The van der Waals surface area contributed by atoms with E-state index in [0.29, 0.717) is 0 Å². The van der Waals surface area contributed by atoms with Gasteiger partial charge in [-0.3, -0.25) is 0 Å². The number of anilines is 3. The van der Waals surface area contributed by atoms with Crippen LogP contribution in [0.15, 0.2) is 227 Å². The summed E-state index contributed by atoms with van der Waals surface area (Å²) < 4.78 is 15.6. The number of fused-ring (bicyclic) bond motifs is 11. The van der Waals surface area contributed by atoms with E-state index in [0.717, 1.165) is 99.7 Å². The van der Waals surface area contributed by atoms with Crippen LogP contribution in [0.2, 0.25) is 0 Å². The summed E-state index contributed by atoms with van der Waals surface area (Å²) in [5.41, 5.74) is 14.7. The Labute approximate surface area is 356 Å². The van der Waals surface area contributed by atoms with Gasteiger partial charge in [-0.05, 0) is 83.2 Å². The summed E-state index contributed by atoms with van der Waals surface area (Å²) in [6, 6.07) is 77.9. The van der Waals surface area contributed by atoms with Gasteiger partial charge in [0.15, 0.2) is 0 Å². The van der Waals surface area contributed by atoms with Gasteiger partial charge in [0.2, 0.25) is 0 Å². The topological polar surface area (TPSA) is 34.5 Å². The third-order valence-electron chi connectivity index (χ3n) is 12.6. The largest absolute Gasteiger partial charge is 0.455 e. The Bertz CT molecular complexity index is 3810. The van der Waals surface area contributed by atoms with Gasteiger partial charge >= 0.3 is 0 Å². The van der Waals surface area contributed by atoms with Gasteiger partial charge in [0.05, 0.1) is 27.8 Å². The summed E-state index contributed by atoms with van der Waals surface area (Å²) in [5, 5.41) is 9.17. The summed E-state index contributed by atoms with van der Waals surface area (Å²) in [6.07, 6.45) is 0. The number of hydrogen-bond donors (Lipinski definition) is 0. The number of rotatable bonds is 6. The first-order chi connectivity index (χ1) is 30.8. The van der Waals surface area contributed by atoms with Crippen molar-refractivity contribution >= 4 is 93.5 Å². The van der Waals surface area contributed by atoms with Crippen LogP contribution in [-0.2, 0) is 0 Å². The quantitative estimate of drug-likeness (QED) is 0.168. The molecule has 0 radical (unpaired) electrons. The normalized spacial score (nSPS) is 11.9. The van der Waals surface area contributed by atoms with E-state index in [2.05, 4.69) is 216 Å². The van der Waals surface area contributed by atoms with E-state index in [1.807, 2.05) is 12.1 Å². The highest BCUT2D eigenvalue weighted by Crippen LogP contribution is 2.46. The molecule has 0 bridgehead atoms. The molecule has 13 aromatic rings. The first-order valence-electron chi connectivity index (χ1n) is 21.1. The first-order valence-corrected chi connectivity index (χ1v) is 21.1. The van der Waals surface area contributed by atoms with Crippen molar-refractivity contribution in [3.63, 3.8) is 0 Å². The Morgan fingerprint density at radius 1 is 0.339 bits per heavy atom. The van der Waals surface area contributed by atoms with Crippen molar-refractivity contribution in [2.24, 2.45) is 0 Å². The van der Waals surface area contributed by atoms with Crippen LogP contribution in [0.1, 0.15) is 0 Å². The van der Waals surface area contributed by atoms with Crippen LogP contribution in [0, 0.1) is 0 Å². The minimum Gasteiger partial charge on any atom is -0.455 e. The van der Waals surface area contributed by atoms with E-state index in [1.54, 1.807) is 0 Å². The number of hydrogen-bond acceptors (Lipinski definition) is 3. The molecule has 3 heterocycles. The van der Waals surface area contributed by atoms with Gasteiger partial charge in [-0.2, -0.15) is 0 Å². The fraction of sp³-hybridized carbons (Fsp3) is 0. The van der Waals surface area contributed by atoms with E-state index >= 15 is 0 Å². The molecule has 290 valence electrons. The second kappa shape index (κ2) is 13.6. The van der Waals surface area contributed by atoms with E-state index in [4.69, 9.17) is 8.83 Å². The molecule has 10 aromatic carbocycles. The lowest BCUT2D eigenvalue weighted by molar-refractivity contribution is 0.670. The van der Waals surface area contributed by atoms with Crippen LogP contribution in [0.4, 0.5) is 17.1 Å². The maximum Gasteiger partial charge on any atom is 0.143 e. The minimum atomic E-state index is 0.851. The third-order valence-corrected chi connectivity index (χ3v) is 12.6. The average Bonchev–Trinajstić information content (AvgIpc) is 4.03. The molecule has 0 atom stereocenters. The van der Waals surface area contributed by atoms with Gasteiger partial charge in [0, 0.05) is 54.8 Å². The molecule has 0 saturated heterocycles. The monoisotopic (exact) mass is 792 g/mol. The zero-order valence-corrected chi connectivity index (χ0v) is 33.5. The Hall–Kier alpha value is -8.34. The Morgan fingerprint density at radius 2 is 0.887 bits per heavy atom. The number of benzene rings is 10. The van der Waals surface area contributed by atoms with Crippen molar-refractivity contribution in [2.75, 3.05) is 4.90 Å². The summed E-state index contributed by atoms with van der Waals surface area (Å²) >= 11 is 0. The molecule has 62 heavy (non-hydrogen) atoms. The molecule has 0 aliphatic heterocycles. The first kappa shape index (κ1) is 34.5. The third kappa shape index (κ3) is 5.20. The number of para-hydroxylation sites is 5. The van der Waals surface area contributed by atoms with Crippen molar-refractivity contribution in [3.05, 3.63) is 218 Å². The predicted octanol–water partition coefficient (Wildman–Crippen LogP) is 16.5. The van der Waals surface area contributed by atoms with Crippen molar-refractivity contribution in [1.82, 2.24) is 4.57 Å². The SMILES string of the molecule is c1ccc(-n2c3ccccc3c3ccccc32)c(-c2ccc(N(c3ccc(-c4cccc5c4oc4ccccc45)cc3)c3cccc4oc5c6ccccc6ccc5c34)cc2)c1. The molecule has 4 nitrogen and oxygen atoms in total. The van der Waals surface area contributed by atoms with E-state index in [-0.39, 0.29) is 0 Å². The maximum absolute atomic E-state index is 6.72. The number of aromatic nitrogens is 1. The van der Waals surface area contributed by atoms with Crippen LogP contribution in [-0.4, -0.2) is 4.57 Å². The Morgan fingerprint density at radius 3 is 1.65 bits per heavy atom. The lowest BCUT2D eigenvalue weighted by atomic mass is 10.0. The molecular weight excluding hydrogens is 757 g/mol. The maximum atomic E-state index is 6.72. The smallest absolute Gasteiger partial charge is 0.143 e. The van der Waals surface area contributed by atoms with E-state index < -0.39 is 0 Å². The molecule has 4 heteroatoms. The van der Waals surface area contributed by atoms with Crippen LogP contribution >= 0.6 is 0 Å². The Balaban J connectivity index is 0.978. The molecule has 0 N–H and O–H groups in total. The second-order valence-corrected chi connectivity index (χ2v) is 16.0. The lowest BCUT2D eigenvalue weighted by Crippen LogP contribution is -2.10. The highest BCUT2D eigenvalue weighted by Gasteiger charge is 2.22. The van der Waals surface area contributed by atoms with Gasteiger partial charge in [0.1, 0.15) is 22.3 Å². The highest BCUT2D eigenvalue weighted by atomic mass is 16.3. The van der Waals surface area contributed by atoms with E-state index in [1.165, 1.54) is 21.8 Å². The molecule has 3 aromatic heterocycles. The Kier molecular flexibility index (Phi) is 7.57. The molecule has 0 unspecified atom stereocenters. The number of nitrogens with zero attached hydrogens (tertiary/aromatic N) is 2. The van der Waals surface area contributed by atoms with Gasteiger partial charge in [-0.15, -0.1) is 0 Å². The van der Waals surface area contributed by atoms with Crippen LogP contribution in [0.3, 0.4) is 0 Å². The van der Waals surface area contributed by atoms with E-state index in [9.17, 15) is 0 Å². The zero-order valence-electron chi connectivity index (χ0n) is 33.5. The second-order valence-electron chi connectivity index (χ2n) is 16.0. The summed E-state index contributed by atoms with van der Waals surface area (Å²) in [4.78, 5) is 2.36. The molecular formula is C58H36N2O2. The van der Waals surface area contributed by atoms with Crippen molar-refractivity contribution < 1.29 is 8.83 Å². The van der Waals surface area contributed by atoms with Gasteiger partial charge in [-0.25, -0.2) is 0 Å². The molecule has 0 saturated carbocycles. The van der Waals surface area contributed by atoms with Gasteiger partial charge < -0.3 is 18.3 Å². The lowest BCUT2D eigenvalue weighted by Gasteiger charge is -2.27. The van der Waals surface area contributed by atoms with Crippen molar-refractivity contribution in [3.8, 4) is 27.9 Å². The zero-order chi connectivity index (χ0) is 40.7. The molecule has 0 aliphatic carbocycles. The van der Waals surface area contributed by atoms with Crippen LogP contribution in [0.5, 0.6) is 0 Å². The highest BCUT2D eigenvalue weighted by molar-refractivity contribution is 6.20. The minimum absolute atomic E-state index is 0.851. The van der Waals surface area contributed by atoms with Crippen LogP contribution in [0.25, 0.3) is 104 Å². The molecule has 0 amide bonds.